The number of hydrogen-bond acceptors (Lipinski definition) is 4. The van der Waals surface area contributed by atoms with Crippen molar-refractivity contribution in [1.29, 1.82) is 0 Å². The van der Waals surface area contributed by atoms with Crippen molar-refractivity contribution in [3.05, 3.63) is 40.9 Å². The van der Waals surface area contributed by atoms with Crippen molar-refractivity contribution in [2.45, 2.75) is 38.6 Å². The number of rotatable bonds is 7. The van der Waals surface area contributed by atoms with E-state index >= 15 is 0 Å². The molecule has 0 bridgehead atoms. The number of carbonyl (C=O) groups excluding carboxylic acids is 3. The van der Waals surface area contributed by atoms with Gasteiger partial charge in [0.25, 0.3) is 5.91 Å². The molecule has 1 heterocycles. The van der Waals surface area contributed by atoms with Gasteiger partial charge in [-0.15, -0.1) is 0 Å². The maximum Gasteiger partial charge on any atom is 0.255 e. The largest absolute Gasteiger partial charge is 0.341 e. The maximum atomic E-state index is 12.5. The first-order valence-electron chi connectivity index (χ1n) is 8.45. The fourth-order valence-corrected chi connectivity index (χ4v) is 2.84. The first-order chi connectivity index (χ1) is 12.8. The van der Waals surface area contributed by atoms with Crippen LogP contribution in [0, 0.1) is 0 Å². The summed E-state index contributed by atoms with van der Waals surface area (Å²) in [6.45, 7) is 5.37. The summed E-state index contributed by atoms with van der Waals surface area (Å²) in [4.78, 5) is 36.3. The molecule has 1 unspecified atom stereocenters. The zero-order valence-corrected chi connectivity index (χ0v) is 16.3. The van der Waals surface area contributed by atoms with Crippen molar-refractivity contribution < 1.29 is 14.4 Å². The molecular formula is C18H20Cl2N4O3. The van der Waals surface area contributed by atoms with Gasteiger partial charge in [0.1, 0.15) is 11.9 Å². The molecule has 2 N–H and O–H groups in total. The van der Waals surface area contributed by atoms with Crippen LogP contribution in [0.15, 0.2) is 36.0 Å². The second-order valence-corrected chi connectivity index (χ2v) is 6.77. The van der Waals surface area contributed by atoms with E-state index in [0.717, 1.165) is 23.9 Å². The Bertz CT molecular complexity index is 795. The van der Waals surface area contributed by atoms with Gasteiger partial charge in [-0.05, 0) is 30.7 Å². The number of hydrazone groups is 1. The standard InChI is InChI=1S/C18H20Cl2N4O3/c1-3-5-6-13(21-16(25)4-2)18(27)22-15-10-17(26)24(23-15)14-9-11(19)7-8-12(14)20/h4,7-9,13H,2-3,5-6,10H2,1H3,(H,21,25)(H,22,23,27). The van der Waals surface area contributed by atoms with Crippen molar-refractivity contribution >= 4 is 52.4 Å². The second-order valence-electron chi connectivity index (χ2n) is 5.92. The molecule has 144 valence electrons. The Morgan fingerprint density at radius 2 is 2.15 bits per heavy atom. The average Bonchev–Trinajstić information content (AvgIpc) is 3.00. The molecule has 1 aliphatic rings. The Hall–Kier alpha value is -2.38. The highest BCUT2D eigenvalue weighted by atomic mass is 35.5. The van der Waals surface area contributed by atoms with Gasteiger partial charge in [-0.3, -0.25) is 14.4 Å². The monoisotopic (exact) mass is 410 g/mol. The number of benzene rings is 1. The summed E-state index contributed by atoms with van der Waals surface area (Å²) < 4.78 is 0. The summed E-state index contributed by atoms with van der Waals surface area (Å²) in [6, 6.07) is 3.94. The summed E-state index contributed by atoms with van der Waals surface area (Å²) in [5, 5.41) is 11.1. The first-order valence-corrected chi connectivity index (χ1v) is 9.20. The van der Waals surface area contributed by atoms with Gasteiger partial charge in [-0.25, -0.2) is 0 Å². The number of amidine groups is 1. The molecule has 7 nitrogen and oxygen atoms in total. The lowest BCUT2D eigenvalue weighted by Gasteiger charge is -2.17. The zero-order valence-electron chi connectivity index (χ0n) is 14.8. The normalized spacial score (nSPS) is 14.6. The van der Waals surface area contributed by atoms with Crippen LogP contribution in [0.1, 0.15) is 32.6 Å². The van der Waals surface area contributed by atoms with Crippen LogP contribution in [0.2, 0.25) is 10.0 Å². The summed E-state index contributed by atoms with van der Waals surface area (Å²) in [5.74, 6) is -1.06. The second kappa shape index (κ2) is 9.53. The average molecular weight is 411 g/mol. The van der Waals surface area contributed by atoms with Gasteiger partial charge in [0.05, 0.1) is 17.1 Å². The van der Waals surface area contributed by atoms with Crippen LogP contribution < -0.4 is 15.6 Å². The predicted octanol–water partition coefficient (Wildman–Crippen LogP) is 3.02. The highest BCUT2D eigenvalue weighted by Gasteiger charge is 2.29. The Morgan fingerprint density at radius 1 is 1.41 bits per heavy atom. The number of halogens is 2. The van der Waals surface area contributed by atoms with Crippen molar-refractivity contribution in [2.75, 3.05) is 5.01 Å². The molecule has 27 heavy (non-hydrogen) atoms. The number of hydrogen-bond donors (Lipinski definition) is 2. The van der Waals surface area contributed by atoms with E-state index in [1.54, 1.807) is 12.1 Å². The quantitative estimate of drug-likeness (QED) is 0.676. The molecule has 0 fully saturated rings. The Labute approximate surface area is 167 Å². The van der Waals surface area contributed by atoms with Crippen LogP contribution in [0.5, 0.6) is 0 Å². The molecular weight excluding hydrogens is 391 g/mol. The third-order valence-corrected chi connectivity index (χ3v) is 4.40. The highest BCUT2D eigenvalue weighted by Crippen LogP contribution is 2.31. The van der Waals surface area contributed by atoms with Gasteiger partial charge in [0.15, 0.2) is 0 Å². The number of unbranched alkanes of at least 4 members (excludes halogenated alkanes) is 1. The molecule has 1 aliphatic heterocycles. The zero-order chi connectivity index (χ0) is 20.0. The first kappa shape index (κ1) is 20.9. The van der Waals surface area contributed by atoms with E-state index in [4.69, 9.17) is 23.2 Å². The predicted molar refractivity (Wildman–Crippen MR) is 106 cm³/mol. The van der Waals surface area contributed by atoms with Gasteiger partial charge in [-0.1, -0.05) is 49.5 Å². The number of amides is 3. The van der Waals surface area contributed by atoms with E-state index in [0.29, 0.717) is 22.2 Å². The van der Waals surface area contributed by atoms with E-state index in [1.165, 1.54) is 6.07 Å². The van der Waals surface area contributed by atoms with Gasteiger partial charge in [-0.2, -0.15) is 10.1 Å². The molecule has 3 amide bonds. The van der Waals surface area contributed by atoms with E-state index < -0.39 is 17.9 Å². The van der Waals surface area contributed by atoms with Crippen LogP contribution in [-0.2, 0) is 14.4 Å². The maximum absolute atomic E-state index is 12.5. The molecule has 2 rings (SSSR count). The number of nitrogens with zero attached hydrogens (tertiary/aromatic N) is 2. The van der Waals surface area contributed by atoms with Gasteiger partial charge in [0.2, 0.25) is 11.8 Å². The summed E-state index contributed by atoms with van der Waals surface area (Å²) in [6.07, 6.45) is 3.10. The van der Waals surface area contributed by atoms with Crippen LogP contribution in [0.25, 0.3) is 0 Å². The molecule has 0 aliphatic carbocycles. The van der Waals surface area contributed by atoms with Crippen molar-refractivity contribution in [3.8, 4) is 0 Å². The van der Waals surface area contributed by atoms with Crippen molar-refractivity contribution in [3.63, 3.8) is 0 Å². The van der Waals surface area contributed by atoms with E-state index in [2.05, 4.69) is 22.3 Å². The molecule has 0 saturated carbocycles. The van der Waals surface area contributed by atoms with E-state index in [9.17, 15) is 14.4 Å². The number of nitrogens with one attached hydrogen (secondary N) is 2. The van der Waals surface area contributed by atoms with E-state index in [-0.39, 0.29) is 18.2 Å². The number of carbonyl (C=O) groups is 3. The topological polar surface area (TPSA) is 90.9 Å². The van der Waals surface area contributed by atoms with E-state index in [1.807, 2.05) is 6.92 Å². The minimum Gasteiger partial charge on any atom is -0.341 e. The SMILES string of the molecule is C=CC(=O)NC(CCCC)C(=O)NC1=NN(c2cc(Cl)ccc2Cl)C(=O)C1. The van der Waals surface area contributed by atoms with Crippen LogP contribution in [0.3, 0.4) is 0 Å². The third kappa shape index (κ3) is 5.55. The Kier molecular flexibility index (Phi) is 7.38. The molecule has 1 aromatic carbocycles. The molecule has 1 aromatic rings. The lowest BCUT2D eigenvalue weighted by Crippen LogP contribution is -2.47. The van der Waals surface area contributed by atoms with Crippen molar-refractivity contribution in [2.24, 2.45) is 5.10 Å². The molecule has 9 heteroatoms. The molecule has 0 saturated heterocycles. The molecule has 0 aromatic heterocycles. The Morgan fingerprint density at radius 3 is 2.81 bits per heavy atom. The smallest absolute Gasteiger partial charge is 0.255 e. The lowest BCUT2D eigenvalue weighted by atomic mass is 10.1. The van der Waals surface area contributed by atoms with Crippen LogP contribution in [-0.4, -0.2) is 29.6 Å². The molecule has 1 atom stereocenters. The van der Waals surface area contributed by atoms with Crippen LogP contribution >= 0.6 is 23.2 Å². The highest BCUT2D eigenvalue weighted by molar-refractivity contribution is 6.36. The molecule has 0 spiro atoms. The van der Waals surface area contributed by atoms with Gasteiger partial charge >= 0.3 is 0 Å². The summed E-state index contributed by atoms with van der Waals surface area (Å²) in [5.41, 5.74) is 0.334. The van der Waals surface area contributed by atoms with Crippen molar-refractivity contribution in [1.82, 2.24) is 10.6 Å². The minimum atomic E-state index is -0.739. The lowest BCUT2D eigenvalue weighted by molar-refractivity contribution is -0.126. The van der Waals surface area contributed by atoms with Crippen LogP contribution in [0.4, 0.5) is 5.69 Å². The fourth-order valence-electron chi connectivity index (χ4n) is 2.47. The summed E-state index contributed by atoms with van der Waals surface area (Å²) in [7, 11) is 0. The van der Waals surface area contributed by atoms with Gasteiger partial charge in [0, 0.05) is 5.02 Å². The number of anilines is 1. The molecule has 0 radical (unpaired) electrons. The van der Waals surface area contributed by atoms with Gasteiger partial charge < -0.3 is 10.6 Å². The Balaban J connectivity index is 2.14. The minimum absolute atomic E-state index is 0.0928. The fraction of sp³-hybridized carbons (Fsp3) is 0.333. The summed E-state index contributed by atoms with van der Waals surface area (Å²) >= 11 is 12.1. The third-order valence-electron chi connectivity index (χ3n) is 3.84.